The standard InChI is InChI=1S/C28H25ClN2O6S/c1-4-15-37-28(34)20-7-5-6-8-22(20)31-26(32)24(30-21-16-18(35-2)11-14-23(21)36-3)25(27(31)33)38-19-12-9-17(29)10-13-19/h5-14,16,30H,4,15H2,1-3H3. The average Bonchev–Trinajstić information content (AvgIpc) is 3.16. The van der Waals surface area contributed by atoms with Crippen LogP contribution in [-0.2, 0) is 14.3 Å². The Morgan fingerprint density at radius 1 is 0.974 bits per heavy atom. The molecule has 196 valence electrons. The Morgan fingerprint density at radius 2 is 1.71 bits per heavy atom. The summed E-state index contributed by atoms with van der Waals surface area (Å²) in [5.41, 5.74) is 0.693. The van der Waals surface area contributed by atoms with Crippen LogP contribution >= 0.6 is 23.4 Å². The maximum atomic E-state index is 13.8. The zero-order valence-electron chi connectivity index (χ0n) is 20.9. The normalized spacial score (nSPS) is 13.1. The van der Waals surface area contributed by atoms with Crippen LogP contribution in [-0.4, -0.2) is 38.6 Å². The Balaban J connectivity index is 1.79. The van der Waals surface area contributed by atoms with Crippen LogP contribution in [0.2, 0.25) is 5.02 Å². The Labute approximate surface area is 229 Å². The third-order valence-electron chi connectivity index (χ3n) is 5.54. The van der Waals surface area contributed by atoms with E-state index in [-0.39, 0.29) is 28.5 Å². The van der Waals surface area contributed by atoms with Crippen LogP contribution in [0, 0.1) is 0 Å². The lowest BCUT2D eigenvalue weighted by molar-refractivity contribution is -0.120. The van der Waals surface area contributed by atoms with Crippen LogP contribution in [0.25, 0.3) is 0 Å². The van der Waals surface area contributed by atoms with Crippen molar-refractivity contribution < 1.29 is 28.6 Å². The Morgan fingerprint density at radius 3 is 2.39 bits per heavy atom. The first-order valence-electron chi connectivity index (χ1n) is 11.7. The van der Waals surface area contributed by atoms with E-state index >= 15 is 0 Å². The predicted molar refractivity (Wildman–Crippen MR) is 147 cm³/mol. The summed E-state index contributed by atoms with van der Waals surface area (Å²) in [6.07, 6.45) is 0.634. The molecule has 8 nitrogen and oxygen atoms in total. The predicted octanol–water partition coefficient (Wildman–Crippen LogP) is 5.91. The number of ether oxygens (including phenoxy) is 3. The number of halogens is 1. The number of nitrogens with one attached hydrogen (secondary N) is 1. The molecule has 38 heavy (non-hydrogen) atoms. The van der Waals surface area contributed by atoms with Crippen LogP contribution in [0.3, 0.4) is 0 Å². The van der Waals surface area contributed by atoms with Gasteiger partial charge in [-0.1, -0.05) is 42.4 Å². The maximum Gasteiger partial charge on any atom is 0.340 e. The van der Waals surface area contributed by atoms with E-state index in [1.54, 1.807) is 54.6 Å². The molecule has 2 amide bonds. The molecule has 0 atom stereocenters. The fraction of sp³-hybridized carbons (Fsp3) is 0.179. The number of amides is 2. The van der Waals surface area contributed by atoms with Crippen molar-refractivity contribution >= 4 is 52.5 Å². The van der Waals surface area contributed by atoms with Crippen LogP contribution < -0.4 is 19.7 Å². The second-order valence-electron chi connectivity index (χ2n) is 8.05. The summed E-state index contributed by atoms with van der Waals surface area (Å²) in [5.74, 6) is -0.872. The second-order valence-corrected chi connectivity index (χ2v) is 9.57. The van der Waals surface area contributed by atoms with Gasteiger partial charge in [-0.3, -0.25) is 9.59 Å². The quantitative estimate of drug-likeness (QED) is 0.245. The van der Waals surface area contributed by atoms with Crippen molar-refractivity contribution in [3.63, 3.8) is 0 Å². The van der Waals surface area contributed by atoms with E-state index in [4.69, 9.17) is 25.8 Å². The van der Waals surface area contributed by atoms with E-state index in [2.05, 4.69) is 5.32 Å². The molecule has 3 aromatic rings. The third-order valence-corrected chi connectivity index (χ3v) is 6.89. The molecule has 1 N–H and O–H groups in total. The zero-order chi connectivity index (χ0) is 27.2. The van der Waals surface area contributed by atoms with E-state index in [0.29, 0.717) is 33.5 Å². The minimum Gasteiger partial charge on any atom is -0.497 e. The molecular formula is C28H25ClN2O6S. The molecule has 4 rings (SSSR count). The summed E-state index contributed by atoms with van der Waals surface area (Å²) in [6.45, 7) is 2.09. The summed E-state index contributed by atoms with van der Waals surface area (Å²) in [4.78, 5) is 42.2. The number of thioether (sulfide) groups is 1. The maximum absolute atomic E-state index is 13.8. The Kier molecular flexibility index (Phi) is 8.60. The molecule has 0 aliphatic carbocycles. The van der Waals surface area contributed by atoms with Gasteiger partial charge in [0, 0.05) is 16.0 Å². The summed E-state index contributed by atoms with van der Waals surface area (Å²) in [6, 6.07) is 18.3. The van der Waals surface area contributed by atoms with Gasteiger partial charge in [0.05, 0.1) is 37.8 Å². The minimum atomic E-state index is -0.632. The first-order valence-corrected chi connectivity index (χ1v) is 12.9. The monoisotopic (exact) mass is 552 g/mol. The van der Waals surface area contributed by atoms with Gasteiger partial charge < -0.3 is 19.5 Å². The smallest absolute Gasteiger partial charge is 0.340 e. The zero-order valence-corrected chi connectivity index (χ0v) is 22.5. The van der Waals surface area contributed by atoms with Crippen molar-refractivity contribution in [2.75, 3.05) is 31.0 Å². The lowest BCUT2D eigenvalue weighted by Gasteiger charge is -2.19. The number of benzene rings is 3. The number of hydrogen-bond acceptors (Lipinski definition) is 8. The van der Waals surface area contributed by atoms with Gasteiger partial charge in [-0.15, -0.1) is 0 Å². The number of methoxy groups -OCH3 is 2. The van der Waals surface area contributed by atoms with Crippen LogP contribution in [0.5, 0.6) is 11.5 Å². The number of nitrogens with zero attached hydrogens (tertiary/aromatic N) is 1. The molecule has 0 radical (unpaired) electrons. The van der Waals surface area contributed by atoms with Gasteiger partial charge in [-0.25, -0.2) is 9.69 Å². The van der Waals surface area contributed by atoms with Crippen molar-refractivity contribution in [3.05, 3.63) is 87.9 Å². The summed E-state index contributed by atoms with van der Waals surface area (Å²) < 4.78 is 16.1. The average molecular weight is 553 g/mol. The van der Waals surface area contributed by atoms with Crippen molar-refractivity contribution in [3.8, 4) is 11.5 Å². The number of rotatable bonds is 10. The first kappa shape index (κ1) is 27.1. The van der Waals surface area contributed by atoms with Gasteiger partial charge in [-0.2, -0.15) is 0 Å². The van der Waals surface area contributed by atoms with Gasteiger partial charge in [0.1, 0.15) is 22.1 Å². The topological polar surface area (TPSA) is 94.2 Å². The molecular weight excluding hydrogens is 528 g/mol. The Hall–Kier alpha value is -3.95. The highest BCUT2D eigenvalue weighted by molar-refractivity contribution is 8.04. The van der Waals surface area contributed by atoms with Crippen LogP contribution in [0.15, 0.2) is 82.2 Å². The molecule has 0 bridgehead atoms. The largest absolute Gasteiger partial charge is 0.497 e. The molecule has 3 aromatic carbocycles. The number of imide groups is 1. The highest BCUT2D eigenvalue weighted by atomic mass is 35.5. The molecule has 10 heteroatoms. The molecule has 0 saturated heterocycles. The van der Waals surface area contributed by atoms with E-state index in [0.717, 1.165) is 16.7 Å². The summed E-state index contributed by atoms with van der Waals surface area (Å²) >= 11 is 7.14. The highest BCUT2D eigenvalue weighted by Crippen LogP contribution is 2.40. The number of anilines is 2. The minimum absolute atomic E-state index is 0.0261. The third kappa shape index (κ3) is 5.64. The van der Waals surface area contributed by atoms with Gasteiger partial charge in [0.25, 0.3) is 11.8 Å². The molecule has 0 unspecified atom stereocenters. The molecule has 0 saturated carbocycles. The highest BCUT2D eigenvalue weighted by Gasteiger charge is 2.42. The molecule has 1 aliphatic rings. The molecule has 0 aromatic heterocycles. The lowest BCUT2D eigenvalue weighted by atomic mass is 10.1. The number of para-hydroxylation sites is 1. The molecule has 1 heterocycles. The van der Waals surface area contributed by atoms with E-state index in [1.807, 2.05) is 6.92 Å². The fourth-order valence-electron chi connectivity index (χ4n) is 3.71. The second kappa shape index (κ2) is 12.1. The van der Waals surface area contributed by atoms with Crippen molar-refractivity contribution in [2.24, 2.45) is 0 Å². The van der Waals surface area contributed by atoms with Crippen molar-refractivity contribution in [2.45, 2.75) is 18.2 Å². The van der Waals surface area contributed by atoms with Gasteiger partial charge in [0.2, 0.25) is 0 Å². The number of carbonyl (C=O) groups excluding carboxylic acids is 3. The number of hydrogen-bond donors (Lipinski definition) is 1. The molecule has 0 spiro atoms. The van der Waals surface area contributed by atoms with Crippen molar-refractivity contribution in [1.82, 2.24) is 0 Å². The van der Waals surface area contributed by atoms with Gasteiger partial charge >= 0.3 is 5.97 Å². The van der Waals surface area contributed by atoms with Gasteiger partial charge in [-0.05, 0) is 55.0 Å². The van der Waals surface area contributed by atoms with E-state index < -0.39 is 17.8 Å². The number of esters is 1. The Bertz CT molecular complexity index is 1410. The summed E-state index contributed by atoms with van der Waals surface area (Å²) in [5, 5.41) is 3.62. The van der Waals surface area contributed by atoms with Crippen molar-refractivity contribution in [1.29, 1.82) is 0 Å². The van der Waals surface area contributed by atoms with E-state index in [1.165, 1.54) is 26.4 Å². The first-order chi connectivity index (χ1) is 18.4. The van der Waals surface area contributed by atoms with Crippen LogP contribution in [0.1, 0.15) is 23.7 Å². The number of carbonyl (C=O) groups is 3. The van der Waals surface area contributed by atoms with E-state index in [9.17, 15) is 14.4 Å². The van der Waals surface area contributed by atoms with Gasteiger partial charge in [0.15, 0.2) is 0 Å². The SMILES string of the molecule is CCCOC(=O)c1ccccc1N1C(=O)C(Nc2cc(OC)ccc2OC)=C(Sc2ccc(Cl)cc2)C1=O. The summed E-state index contributed by atoms with van der Waals surface area (Å²) in [7, 11) is 3.02. The van der Waals surface area contributed by atoms with Crippen LogP contribution in [0.4, 0.5) is 11.4 Å². The fourth-order valence-corrected chi connectivity index (χ4v) is 4.77. The molecule has 1 aliphatic heterocycles. The molecule has 0 fully saturated rings. The lowest BCUT2D eigenvalue weighted by Crippen LogP contribution is -2.33.